The normalized spacial score (nSPS) is 26.6. The highest BCUT2D eigenvalue weighted by molar-refractivity contribution is 6.18. The number of amides is 3. The zero-order chi connectivity index (χ0) is 39.8. The quantitative estimate of drug-likeness (QED) is 0.128. The smallest absolute Gasteiger partial charge is 0.329 e. The number of halogens is 2. The zero-order valence-electron chi connectivity index (χ0n) is 32.0. The maximum Gasteiger partial charge on any atom is 0.329 e. The lowest BCUT2D eigenvalue weighted by Gasteiger charge is -2.42. The van der Waals surface area contributed by atoms with Crippen molar-refractivity contribution < 1.29 is 23.2 Å². The summed E-state index contributed by atoms with van der Waals surface area (Å²) in [4.78, 5) is 59.9. The molecule has 302 valence electrons. The van der Waals surface area contributed by atoms with Crippen LogP contribution >= 0.6 is 0 Å². The van der Waals surface area contributed by atoms with Gasteiger partial charge in [0.1, 0.15) is 11.9 Å². The fourth-order valence-electron chi connectivity index (χ4n) is 9.40. The summed E-state index contributed by atoms with van der Waals surface area (Å²) in [6.45, 7) is 6.12. The Balaban J connectivity index is 0.797. The molecule has 3 aromatic rings. The number of imide groups is 1. The number of benzene rings is 1. The Bertz CT molecular complexity index is 2200. The average Bonchev–Trinajstić information content (AvgIpc) is 3.73. The summed E-state index contributed by atoms with van der Waals surface area (Å²) in [7, 11) is 1.77. The Morgan fingerprint density at radius 3 is 2.39 bits per heavy atom. The van der Waals surface area contributed by atoms with Crippen LogP contribution in [0.15, 0.2) is 57.9 Å². The van der Waals surface area contributed by atoms with Crippen molar-refractivity contribution in [3.05, 3.63) is 69.8 Å². The highest BCUT2D eigenvalue weighted by Crippen LogP contribution is 2.44. The number of imidazole rings is 1. The summed E-state index contributed by atoms with van der Waals surface area (Å²) < 4.78 is 32.8. The predicted octanol–water partition coefficient (Wildman–Crippen LogP) is 3.98. The number of piperidine rings is 1. The molecule has 4 N–H and O–H groups in total. The Morgan fingerprint density at radius 2 is 1.74 bits per heavy atom. The van der Waals surface area contributed by atoms with E-state index in [-0.39, 0.29) is 41.1 Å². The number of nitrogens with zero attached hydrogens (tertiary/aromatic N) is 7. The molecule has 2 aromatic heterocycles. The molecule has 2 aliphatic carbocycles. The van der Waals surface area contributed by atoms with E-state index < -0.39 is 30.0 Å². The molecule has 57 heavy (non-hydrogen) atoms. The van der Waals surface area contributed by atoms with Crippen molar-refractivity contribution in [2.45, 2.75) is 75.8 Å². The SMILES string of the molecule is Cn1c(=O)n(C2CCC(=O)NC2=O)c2cccc([C@H]3C[C@H](CN4CCN(C[C@H]5CC[C@H](n6cc(NC(=O)/C(C=N)=C7\N=CC=CN7)c(C(F)F)n6)CC5)CC4)C3)c21. The minimum atomic E-state index is -2.87. The highest BCUT2D eigenvalue weighted by Gasteiger charge is 2.37. The number of aromatic nitrogens is 4. The second kappa shape index (κ2) is 16.3. The van der Waals surface area contributed by atoms with Gasteiger partial charge in [-0.1, -0.05) is 12.1 Å². The lowest BCUT2D eigenvalue weighted by molar-refractivity contribution is -0.135. The number of carbonyl (C=O) groups is 3. The molecule has 3 aliphatic heterocycles. The first-order valence-corrected chi connectivity index (χ1v) is 19.9. The first kappa shape index (κ1) is 38.6. The second-order valence-corrected chi connectivity index (χ2v) is 16.1. The number of para-hydroxylation sites is 1. The molecule has 2 saturated carbocycles. The molecule has 15 nitrogen and oxygen atoms in total. The van der Waals surface area contributed by atoms with E-state index in [4.69, 9.17) is 5.41 Å². The fraction of sp³-hybridized carbons (Fsp3) is 0.525. The lowest BCUT2D eigenvalue weighted by Crippen LogP contribution is -2.50. The Hall–Kier alpha value is -5.29. The number of allylic oxidation sites excluding steroid dienone is 1. The van der Waals surface area contributed by atoms with Gasteiger partial charge in [-0.3, -0.25) is 33.5 Å². The van der Waals surface area contributed by atoms with Gasteiger partial charge in [0.25, 0.3) is 12.3 Å². The molecule has 0 bridgehead atoms. The van der Waals surface area contributed by atoms with Crippen LogP contribution in [-0.4, -0.2) is 98.1 Å². The van der Waals surface area contributed by atoms with Gasteiger partial charge in [0.15, 0.2) is 5.69 Å². The van der Waals surface area contributed by atoms with Gasteiger partial charge in [-0.2, -0.15) is 5.10 Å². The van der Waals surface area contributed by atoms with E-state index in [0.29, 0.717) is 24.2 Å². The molecular weight excluding hydrogens is 737 g/mol. The average molecular weight is 786 g/mol. The molecule has 3 amide bonds. The summed E-state index contributed by atoms with van der Waals surface area (Å²) in [6.07, 6.45) is 10.3. The van der Waals surface area contributed by atoms with Crippen LogP contribution in [0.3, 0.4) is 0 Å². The van der Waals surface area contributed by atoms with Gasteiger partial charge in [0, 0.05) is 77.6 Å². The number of rotatable bonds is 11. The Kier molecular flexibility index (Phi) is 11.0. The van der Waals surface area contributed by atoms with E-state index in [9.17, 15) is 28.0 Å². The third-order valence-electron chi connectivity index (χ3n) is 12.5. The molecule has 0 radical (unpaired) electrons. The third kappa shape index (κ3) is 7.86. The van der Waals surface area contributed by atoms with E-state index in [1.807, 2.05) is 12.1 Å². The maximum absolute atomic E-state index is 14.0. The molecule has 2 saturated heterocycles. The van der Waals surface area contributed by atoms with Gasteiger partial charge in [-0.15, -0.1) is 0 Å². The van der Waals surface area contributed by atoms with Crippen molar-refractivity contribution in [2.24, 2.45) is 23.9 Å². The van der Waals surface area contributed by atoms with Crippen LogP contribution in [-0.2, 0) is 21.4 Å². The van der Waals surface area contributed by atoms with Crippen molar-refractivity contribution in [2.75, 3.05) is 44.6 Å². The topological polar surface area (TPSA) is 175 Å². The van der Waals surface area contributed by atoms with Crippen molar-refractivity contribution in [3.8, 4) is 0 Å². The predicted molar refractivity (Wildman–Crippen MR) is 210 cm³/mol. The number of aryl methyl sites for hydroxylation is 1. The van der Waals surface area contributed by atoms with Crippen molar-refractivity contribution >= 4 is 46.9 Å². The summed E-state index contributed by atoms with van der Waals surface area (Å²) in [5.74, 6) is 0.172. The first-order valence-electron chi connectivity index (χ1n) is 19.9. The zero-order valence-corrected chi connectivity index (χ0v) is 32.0. The van der Waals surface area contributed by atoms with Crippen LogP contribution in [0.25, 0.3) is 11.0 Å². The van der Waals surface area contributed by atoms with Crippen LogP contribution < -0.4 is 21.6 Å². The number of nitrogens with one attached hydrogen (secondary N) is 4. The molecule has 8 rings (SSSR count). The van der Waals surface area contributed by atoms with Crippen molar-refractivity contribution in [1.29, 1.82) is 5.41 Å². The first-order chi connectivity index (χ1) is 27.6. The fourth-order valence-corrected chi connectivity index (χ4v) is 9.40. The molecule has 1 atom stereocenters. The highest BCUT2D eigenvalue weighted by atomic mass is 19.3. The van der Waals surface area contributed by atoms with Gasteiger partial charge >= 0.3 is 5.69 Å². The molecular formula is C40H49F2N11O4. The van der Waals surface area contributed by atoms with E-state index >= 15 is 0 Å². The van der Waals surface area contributed by atoms with Gasteiger partial charge in [-0.05, 0) is 80.4 Å². The van der Waals surface area contributed by atoms with Crippen LogP contribution in [0.2, 0.25) is 0 Å². The summed E-state index contributed by atoms with van der Waals surface area (Å²) >= 11 is 0. The number of fused-ring (bicyclic) bond motifs is 1. The van der Waals surface area contributed by atoms with Crippen LogP contribution in [0, 0.1) is 17.2 Å². The Morgan fingerprint density at radius 1 is 1.02 bits per heavy atom. The molecule has 5 heterocycles. The number of piperazine rings is 1. The minimum absolute atomic E-state index is 0.0371. The van der Waals surface area contributed by atoms with Crippen LogP contribution in [0.5, 0.6) is 0 Å². The number of carbonyl (C=O) groups excluding carboxylic acids is 3. The monoisotopic (exact) mass is 785 g/mol. The summed E-state index contributed by atoms with van der Waals surface area (Å²) in [5, 5.41) is 19.6. The summed E-state index contributed by atoms with van der Waals surface area (Å²) in [5.41, 5.74) is 1.91. The number of hydrogen-bond acceptors (Lipinski definition) is 10. The number of hydrogen-bond donors (Lipinski definition) is 4. The van der Waals surface area contributed by atoms with Gasteiger partial charge in [-0.25, -0.2) is 18.6 Å². The van der Waals surface area contributed by atoms with Gasteiger partial charge in [0.05, 0.1) is 28.3 Å². The second-order valence-electron chi connectivity index (χ2n) is 16.1. The number of alkyl halides is 2. The van der Waals surface area contributed by atoms with Gasteiger partial charge < -0.3 is 25.8 Å². The molecule has 4 fully saturated rings. The number of aliphatic imine (C=N–C) groups is 1. The molecule has 1 aromatic carbocycles. The van der Waals surface area contributed by atoms with Gasteiger partial charge in [0.2, 0.25) is 11.8 Å². The molecule has 1 unspecified atom stereocenters. The number of anilines is 1. The third-order valence-corrected chi connectivity index (χ3v) is 12.5. The van der Waals surface area contributed by atoms with E-state index in [1.165, 1.54) is 12.4 Å². The molecule has 0 spiro atoms. The van der Waals surface area contributed by atoms with Crippen LogP contribution in [0.1, 0.15) is 87.1 Å². The maximum atomic E-state index is 14.0. The van der Waals surface area contributed by atoms with E-state index in [2.05, 4.69) is 41.9 Å². The molecule has 17 heteroatoms. The standard InChI is InChI=1S/C40H49F2N11O4/c1-49-35-28(4-2-5-31(35)53(40(49)57)32-10-11-33(54)47-39(32)56)26-18-25(19-26)22-51-16-14-50(15-17-51)21-24-6-8-27(9-7-24)52-23-30(34(48-52)36(41)42)46-38(55)29(20-43)37-44-12-3-13-45-37/h2-5,12-13,20,23-27,32,36,43-44H,6-11,14-19,21-22H2,1H3,(H,46,55)(H,47,54,56)/b37-29-,43-20?/t24-,25-,26-,27-,32?. The molecule has 5 aliphatic rings. The summed E-state index contributed by atoms with van der Waals surface area (Å²) in [6, 6.07) is 5.25. The Labute approximate surface area is 328 Å². The largest absolute Gasteiger partial charge is 0.346 e. The van der Waals surface area contributed by atoms with Crippen molar-refractivity contribution in [3.63, 3.8) is 0 Å². The van der Waals surface area contributed by atoms with Crippen LogP contribution in [0.4, 0.5) is 14.5 Å². The lowest BCUT2D eigenvalue weighted by atomic mass is 9.71. The minimum Gasteiger partial charge on any atom is -0.346 e. The van der Waals surface area contributed by atoms with E-state index in [1.54, 1.807) is 33.1 Å². The van der Waals surface area contributed by atoms with Crippen molar-refractivity contribution in [1.82, 2.24) is 39.3 Å². The van der Waals surface area contributed by atoms with E-state index in [0.717, 1.165) is 101 Å².